The van der Waals surface area contributed by atoms with Gasteiger partial charge < -0.3 is 5.32 Å². The second-order valence-corrected chi connectivity index (χ2v) is 7.38. The minimum Gasteiger partial charge on any atom is -0.310 e. The molecule has 21 heavy (non-hydrogen) atoms. The van der Waals surface area contributed by atoms with Gasteiger partial charge in [0.25, 0.3) is 0 Å². The lowest BCUT2D eigenvalue weighted by Crippen LogP contribution is -2.22. The first-order chi connectivity index (χ1) is 9.97. The van der Waals surface area contributed by atoms with Gasteiger partial charge in [-0.3, -0.25) is 0 Å². The Morgan fingerprint density at radius 3 is 2.48 bits per heavy atom. The fourth-order valence-electron chi connectivity index (χ4n) is 2.34. The monoisotopic (exact) mass is 302 g/mol. The van der Waals surface area contributed by atoms with Crippen LogP contribution in [0.1, 0.15) is 60.3 Å². The molecule has 0 aliphatic heterocycles. The van der Waals surface area contributed by atoms with E-state index in [-0.39, 0.29) is 0 Å². The van der Waals surface area contributed by atoms with Crippen LogP contribution in [-0.4, -0.2) is 11.0 Å². The number of aryl methyl sites for hydroxylation is 1. The summed E-state index contributed by atoms with van der Waals surface area (Å²) in [4.78, 5) is 6.29. The molecule has 2 rings (SSSR count). The van der Waals surface area contributed by atoms with Gasteiger partial charge in [0, 0.05) is 23.9 Å². The zero-order valence-corrected chi connectivity index (χ0v) is 14.6. The fourth-order valence-corrected chi connectivity index (χ4v) is 3.53. The van der Waals surface area contributed by atoms with Crippen LogP contribution in [0.25, 0.3) is 0 Å². The summed E-state index contributed by atoms with van der Waals surface area (Å²) in [5.41, 5.74) is 3.99. The zero-order chi connectivity index (χ0) is 15.4. The molecule has 2 nitrogen and oxygen atoms in total. The molecule has 0 saturated carbocycles. The second-order valence-electron chi connectivity index (χ2n) is 6.21. The van der Waals surface area contributed by atoms with Gasteiger partial charge in [-0.15, -0.1) is 11.3 Å². The van der Waals surface area contributed by atoms with E-state index in [1.807, 2.05) is 11.3 Å². The molecule has 0 amide bonds. The number of nitrogens with one attached hydrogen (secondary N) is 1. The normalized spacial score (nSPS) is 11.6. The Morgan fingerprint density at radius 1 is 1.14 bits per heavy atom. The number of benzene rings is 1. The molecule has 1 heterocycles. The standard InChI is InChI=1S/C18H26N2S/c1-12(2)18-16(11-19-13(3)4)21-17(20-18)10-15-9-7-6-8-14(15)5/h6-9,12-13,19H,10-11H2,1-5H3. The van der Waals surface area contributed by atoms with Crippen molar-refractivity contribution in [3.8, 4) is 0 Å². The topological polar surface area (TPSA) is 24.9 Å². The van der Waals surface area contributed by atoms with Crippen molar-refractivity contribution in [2.75, 3.05) is 0 Å². The van der Waals surface area contributed by atoms with Crippen molar-refractivity contribution in [2.24, 2.45) is 0 Å². The SMILES string of the molecule is Cc1ccccc1Cc1nc(C(C)C)c(CNC(C)C)s1. The Bertz CT molecular complexity index is 585. The van der Waals surface area contributed by atoms with Crippen LogP contribution >= 0.6 is 11.3 Å². The summed E-state index contributed by atoms with van der Waals surface area (Å²) in [5.74, 6) is 0.482. The molecule has 0 bridgehead atoms. The molecule has 0 fully saturated rings. The van der Waals surface area contributed by atoms with Gasteiger partial charge >= 0.3 is 0 Å². The predicted octanol–water partition coefficient (Wildman–Crippen LogP) is 4.66. The van der Waals surface area contributed by atoms with Crippen LogP contribution in [0, 0.1) is 6.92 Å². The summed E-state index contributed by atoms with van der Waals surface area (Å²) in [7, 11) is 0. The molecule has 0 spiro atoms. The van der Waals surface area contributed by atoms with Gasteiger partial charge in [0.05, 0.1) is 10.7 Å². The molecule has 0 saturated heterocycles. The van der Waals surface area contributed by atoms with Gasteiger partial charge in [0.1, 0.15) is 0 Å². The Kier molecular flexibility index (Phi) is 5.54. The summed E-state index contributed by atoms with van der Waals surface area (Å²) in [5, 5.41) is 4.75. The lowest BCUT2D eigenvalue weighted by atomic mass is 10.1. The maximum atomic E-state index is 4.90. The highest BCUT2D eigenvalue weighted by Gasteiger charge is 2.15. The van der Waals surface area contributed by atoms with E-state index in [2.05, 4.69) is 64.2 Å². The van der Waals surface area contributed by atoms with Crippen molar-refractivity contribution in [2.45, 2.75) is 59.5 Å². The number of rotatable bonds is 6. The number of hydrogen-bond acceptors (Lipinski definition) is 3. The summed E-state index contributed by atoms with van der Waals surface area (Å²) in [6.07, 6.45) is 0.943. The van der Waals surface area contributed by atoms with E-state index in [9.17, 15) is 0 Å². The molecule has 0 radical (unpaired) electrons. The van der Waals surface area contributed by atoms with E-state index in [0.29, 0.717) is 12.0 Å². The molecule has 2 aromatic rings. The molecule has 114 valence electrons. The first-order valence-electron chi connectivity index (χ1n) is 7.73. The largest absolute Gasteiger partial charge is 0.310 e. The third kappa shape index (κ3) is 4.39. The maximum Gasteiger partial charge on any atom is 0.0975 e. The molecule has 0 unspecified atom stereocenters. The maximum absolute atomic E-state index is 4.90. The average molecular weight is 302 g/mol. The molecule has 1 aromatic carbocycles. The molecule has 3 heteroatoms. The summed E-state index contributed by atoms with van der Waals surface area (Å²) in [6, 6.07) is 9.09. The quantitative estimate of drug-likeness (QED) is 0.839. The van der Waals surface area contributed by atoms with Gasteiger partial charge in [0.15, 0.2) is 0 Å². The van der Waals surface area contributed by atoms with Crippen LogP contribution in [0.3, 0.4) is 0 Å². The summed E-state index contributed by atoms with van der Waals surface area (Å²) in [6.45, 7) is 11.9. The van der Waals surface area contributed by atoms with Crippen molar-refractivity contribution in [1.29, 1.82) is 0 Å². The Hall–Kier alpha value is -1.19. The molecule has 1 aromatic heterocycles. The lowest BCUT2D eigenvalue weighted by molar-refractivity contribution is 0.588. The van der Waals surface area contributed by atoms with Crippen LogP contribution < -0.4 is 5.32 Å². The minimum atomic E-state index is 0.482. The highest BCUT2D eigenvalue weighted by Crippen LogP contribution is 2.27. The van der Waals surface area contributed by atoms with Gasteiger partial charge in [0.2, 0.25) is 0 Å². The van der Waals surface area contributed by atoms with E-state index in [1.54, 1.807) is 0 Å². The van der Waals surface area contributed by atoms with Gasteiger partial charge in [-0.05, 0) is 24.0 Å². The van der Waals surface area contributed by atoms with Crippen LogP contribution in [0.2, 0.25) is 0 Å². The molecule has 0 aliphatic carbocycles. The Balaban J connectivity index is 2.21. The van der Waals surface area contributed by atoms with E-state index in [4.69, 9.17) is 4.98 Å². The van der Waals surface area contributed by atoms with Crippen LogP contribution in [0.4, 0.5) is 0 Å². The highest BCUT2D eigenvalue weighted by atomic mass is 32.1. The lowest BCUT2D eigenvalue weighted by Gasteiger charge is -2.09. The zero-order valence-electron chi connectivity index (χ0n) is 13.7. The Morgan fingerprint density at radius 2 is 1.86 bits per heavy atom. The van der Waals surface area contributed by atoms with Gasteiger partial charge in [-0.25, -0.2) is 4.98 Å². The third-order valence-corrected chi connectivity index (χ3v) is 4.66. The van der Waals surface area contributed by atoms with Crippen molar-refractivity contribution in [3.05, 3.63) is 51.0 Å². The fraction of sp³-hybridized carbons (Fsp3) is 0.500. The first-order valence-corrected chi connectivity index (χ1v) is 8.55. The van der Waals surface area contributed by atoms with Crippen molar-refractivity contribution in [1.82, 2.24) is 10.3 Å². The van der Waals surface area contributed by atoms with E-state index < -0.39 is 0 Å². The van der Waals surface area contributed by atoms with Crippen LogP contribution in [-0.2, 0) is 13.0 Å². The van der Waals surface area contributed by atoms with E-state index in [1.165, 1.54) is 26.7 Å². The highest BCUT2D eigenvalue weighted by molar-refractivity contribution is 7.11. The van der Waals surface area contributed by atoms with Gasteiger partial charge in [-0.2, -0.15) is 0 Å². The number of nitrogens with zero attached hydrogens (tertiary/aromatic N) is 1. The van der Waals surface area contributed by atoms with Crippen molar-refractivity contribution < 1.29 is 0 Å². The van der Waals surface area contributed by atoms with Gasteiger partial charge in [-0.1, -0.05) is 52.0 Å². The molecule has 0 aliphatic rings. The number of aromatic nitrogens is 1. The molecular weight excluding hydrogens is 276 g/mol. The first kappa shape index (κ1) is 16.2. The van der Waals surface area contributed by atoms with E-state index in [0.717, 1.165) is 13.0 Å². The van der Waals surface area contributed by atoms with E-state index >= 15 is 0 Å². The summed E-state index contributed by atoms with van der Waals surface area (Å²) < 4.78 is 0. The number of thiazole rings is 1. The van der Waals surface area contributed by atoms with Crippen molar-refractivity contribution >= 4 is 11.3 Å². The second kappa shape index (κ2) is 7.19. The van der Waals surface area contributed by atoms with Crippen LogP contribution in [0.15, 0.2) is 24.3 Å². The molecular formula is C18H26N2S. The summed E-state index contributed by atoms with van der Waals surface area (Å²) >= 11 is 1.86. The Labute approximate surface area is 132 Å². The minimum absolute atomic E-state index is 0.482. The van der Waals surface area contributed by atoms with Crippen LogP contribution in [0.5, 0.6) is 0 Å². The number of hydrogen-bond donors (Lipinski definition) is 1. The predicted molar refractivity (Wildman–Crippen MR) is 92.2 cm³/mol. The smallest absolute Gasteiger partial charge is 0.0975 e. The molecule has 1 N–H and O–H groups in total. The average Bonchev–Trinajstić information content (AvgIpc) is 2.82. The van der Waals surface area contributed by atoms with Crippen molar-refractivity contribution in [3.63, 3.8) is 0 Å². The third-order valence-electron chi connectivity index (χ3n) is 3.59. The molecule has 0 atom stereocenters.